The van der Waals surface area contributed by atoms with Crippen molar-refractivity contribution < 1.29 is 5.11 Å². The van der Waals surface area contributed by atoms with E-state index < -0.39 is 0 Å². The molecule has 4 heteroatoms. The SMILES string of the molecule is CCN(CCO)C(N)=S. The lowest BCUT2D eigenvalue weighted by atomic mass is 10.5. The van der Waals surface area contributed by atoms with Crippen molar-refractivity contribution in [3.63, 3.8) is 0 Å². The number of hydrogen-bond donors (Lipinski definition) is 2. The number of aliphatic hydroxyl groups is 1. The second-order valence-corrected chi connectivity index (χ2v) is 2.06. The molecule has 9 heavy (non-hydrogen) atoms. The van der Waals surface area contributed by atoms with Gasteiger partial charge in [0.2, 0.25) is 0 Å². The number of aliphatic hydroxyl groups excluding tert-OH is 1. The summed E-state index contributed by atoms with van der Waals surface area (Å²) in [6.07, 6.45) is 0. The second-order valence-electron chi connectivity index (χ2n) is 1.64. The summed E-state index contributed by atoms with van der Waals surface area (Å²) in [5, 5.41) is 8.81. The first-order valence-electron chi connectivity index (χ1n) is 2.87. The Balaban J connectivity index is 3.54. The Morgan fingerprint density at radius 2 is 2.33 bits per heavy atom. The van der Waals surface area contributed by atoms with Crippen LogP contribution in [-0.4, -0.2) is 34.8 Å². The molecule has 0 saturated carbocycles. The lowest BCUT2D eigenvalue weighted by Gasteiger charge is -2.18. The molecular weight excluding hydrogens is 136 g/mol. The highest BCUT2D eigenvalue weighted by Gasteiger charge is 1.99. The molecule has 0 radical (unpaired) electrons. The van der Waals surface area contributed by atoms with Gasteiger partial charge in [0, 0.05) is 13.1 Å². The molecule has 0 aliphatic carbocycles. The highest BCUT2D eigenvalue weighted by atomic mass is 32.1. The van der Waals surface area contributed by atoms with E-state index in [1.807, 2.05) is 6.92 Å². The Bertz CT molecular complexity index is 97.0. The van der Waals surface area contributed by atoms with E-state index in [-0.39, 0.29) is 6.61 Å². The number of thiocarbonyl (C=S) groups is 1. The van der Waals surface area contributed by atoms with Gasteiger partial charge in [-0.05, 0) is 19.1 Å². The summed E-state index contributed by atoms with van der Waals surface area (Å²) in [6.45, 7) is 3.34. The van der Waals surface area contributed by atoms with Crippen LogP contribution in [0.2, 0.25) is 0 Å². The quantitative estimate of drug-likeness (QED) is 0.532. The average molecular weight is 148 g/mol. The van der Waals surface area contributed by atoms with Gasteiger partial charge in [-0.2, -0.15) is 0 Å². The van der Waals surface area contributed by atoms with Crippen molar-refractivity contribution in [1.29, 1.82) is 0 Å². The molecule has 0 bridgehead atoms. The fourth-order valence-electron chi connectivity index (χ4n) is 0.545. The third-order valence-electron chi connectivity index (χ3n) is 1.06. The van der Waals surface area contributed by atoms with Gasteiger partial charge in [-0.1, -0.05) is 0 Å². The minimum absolute atomic E-state index is 0.102. The van der Waals surface area contributed by atoms with Crippen LogP contribution in [0.15, 0.2) is 0 Å². The smallest absolute Gasteiger partial charge is 0.166 e. The van der Waals surface area contributed by atoms with Crippen LogP contribution in [0, 0.1) is 0 Å². The largest absolute Gasteiger partial charge is 0.395 e. The molecular formula is C5H12N2OS. The van der Waals surface area contributed by atoms with E-state index in [1.165, 1.54) is 0 Å². The number of hydrogen-bond acceptors (Lipinski definition) is 2. The normalized spacial score (nSPS) is 9.11. The maximum atomic E-state index is 8.46. The first kappa shape index (κ1) is 8.65. The molecule has 0 aliphatic heterocycles. The van der Waals surface area contributed by atoms with Crippen molar-refractivity contribution in [1.82, 2.24) is 4.90 Å². The van der Waals surface area contributed by atoms with Gasteiger partial charge in [0.15, 0.2) is 5.11 Å². The first-order valence-corrected chi connectivity index (χ1v) is 3.28. The van der Waals surface area contributed by atoms with Crippen molar-refractivity contribution in [2.24, 2.45) is 5.73 Å². The fourth-order valence-corrected chi connectivity index (χ4v) is 0.765. The summed E-state index contributed by atoms with van der Waals surface area (Å²) in [5.41, 5.74) is 5.28. The summed E-state index contributed by atoms with van der Waals surface area (Å²) in [4.78, 5) is 1.73. The summed E-state index contributed by atoms with van der Waals surface area (Å²) >= 11 is 4.67. The van der Waals surface area contributed by atoms with Crippen LogP contribution < -0.4 is 5.73 Å². The number of nitrogens with two attached hydrogens (primary N) is 1. The topological polar surface area (TPSA) is 49.5 Å². The van der Waals surface area contributed by atoms with E-state index in [4.69, 9.17) is 10.8 Å². The number of rotatable bonds is 3. The summed E-state index contributed by atoms with van der Waals surface area (Å²) in [6, 6.07) is 0. The highest BCUT2D eigenvalue weighted by Crippen LogP contribution is 1.84. The molecule has 3 nitrogen and oxygen atoms in total. The Hall–Kier alpha value is -0.350. The van der Waals surface area contributed by atoms with E-state index in [2.05, 4.69) is 12.2 Å². The van der Waals surface area contributed by atoms with Crippen LogP contribution in [0.25, 0.3) is 0 Å². The molecule has 0 rings (SSSR count). The van der Waals surface area contributed by atoms with Crippen LogP contribution in [0.1, 0.15) is 6.92 Å². The van der Waals surface area contributed by atoms with E-state index in [9.17, 15) is 0 Å². The lowest BCUT2D eigenvalue weighted by molar-refractivity contribution is 0.254. The second kappa shape index (κ2) is 4.52. The van der Waals surface area contributed by atoms with Gasteiger partial charge >= 0.3 is 0 Å². The van der Waals surface area contributed by atoms with Crippen molar-refractivity contribution in [2.45, 2.75) is 6.92 Å². The maximum absolute atomic E-state index is 8.46. The van der Waals surface area contributed by atoms with Gasteiger partial charge in [-0.15, -0.1) is 0 Å². The van der Waals surface area contributed by atoms with Gasteiger partial charge in [-0.3, -0.25) is 0 Å². The molecule has 3 N–H and O–H groups in total. The van der Waals surface area contributed by atoms with Gasteiger partial charge in [0.05, 0.1) is 6.61 Å². The minimum Gasteiger partial charge on any atom is -0.395 e. The van der Waals surface area contributed by atoms with E-state index >= 15 is 0 Å². The van der Waals surface area contributed by atoms with Gasteiger partial charge in [0.25, 0.3) is 0 Å². The van der Waals surface area contributed by atoms with Crippen molar-refractivity contribution in [2.75, 3.05) is 19.7 Å². The molecule has 0 heterocycles. The Kier molecular flexibility index (Phi) is 4.35. The maximum Gasteiger partial charge on any atom is 0.166 e. The van der Waals surface area contributed by atoms with Crippen molar-refractivity contribution in [3.05, 3.63) is 0 Å². The van der Waals surface area contributed by atoms with E-state index in [1.54, 1.807) is 4.90 Å². The zero-order chi connectivity index (χ0) is 7.28. The zero-order valence-corrected chi connectivity index (χ0v) is 6.32. The standard InChI is InChI=1S/C5H12N2OS/c1-2-7(3-4-8)5(6)9/h8H,2-4H2,1H3,(H2,6,9). The predicted molar refractivity (Wildman–Crippen MR) is 41.1 cm³/mol. The molecule has 0 spiro atoms. The molecule has 0 aromatic carbocycles. The summed E-state index contributed by atoms with van der Waals surface area (Å²) < 4.78 is 0. The zero-order valence-electron chi connectivity index (χ0n) is 5.50. The third-order valence-corrected chi connectivity index (χ3v) is 1.32. The number of nitrogens with zero attached hydrogens (tertiary/aromatic N) is 1. The Morgan fingerprint density at radius 3 is 2.44 bits per heavy atom. The molecule has 0 unspecified atom stereocenters. The van der Waals surface area contributed by atoms with Crippen molar-refractivity contribution in [3.8, 4) is 0 Å². The van der Waals surface area contributed by atoms with Gasteiger partial charge in [0.1, 0.15) is 0 Å². The van der Waals surface area contributed by atoms with Gasteiger partial charge < -0.3 is 15.7 Å². The molecule has 0 aliphatic rings. The van der Waals surface area contributed by atoms with E-state index in [0.717, 1.165) is 6.54 Å². The fraction of sp³-hybridized carbons (Fsp3) is 0.800. The summed E-state index contributed by atoms with van der Waals surface area (Å²) in [7, 11) is 0. The molecule has 0 aromatic heterocycles. The molecule has 0 aromatic rings. The highest BCUT2D eigenvalue weighted by molar-refractivity contribution is 7.80. The molecule has 54 valence electrons. The molecule has 0 saturated heterocycles. The van der Waals surface area contributed by atoms with Crippen LogP contribution in [0.4, 0.5) is 0 Å². The predicted octanol–water partition coefficient (Wildman–Crippen LogP) is -0.456. The van der Waals surface area contributed by atoms with Crippen LogP contribution in [0.5, 0.6) is 0 Å². The Labute approximate surface area is 60.5 Å². The van der Waals surface area contributed by atoms with Crippen LogP contribution in [0.3, 0.4) is 0 Å². The molecule has 0 atom stereocenters. The third kappa shape index (κ3) is 3.26. The molecule has 0 amide bonds. The van der Waals surface area contributed by atoms with Gasteiger partial charge in [-0.25, -0.2) is 0 Å². The van der Waals surface area contributed by atoms with Crippen LogP contribution >= 0.6 is 12.2 Å². The van der Waals surface area contributed by atoms with Crippen LogP contribution in [-0.2, 0) is 0 Å². The Morgan fingerprint density at radius 1 is 1.78 bits per heavy atom. The monoisotopic (exact) mass is 148 g/mol. The summed E-state index contributed by atoms with van der Waals surface area (Å²) in [5.74, 6) is 0. The lowest BCUT2D eigenvalue weighted by Crippen LogP contribution is -2.37. The number of likely N-dealkylation sites (N-methyl/N-ethyl adjacent to an activating group) is 1. The molecule has 0 fully saturated rings. The van der Waals surface area contributed by atoms with Crippen molar-refractivity contribution >= 4 is 17.3 Å². The first-order chi connectivity index (χ1) is 4.22. The van der Waals surface area contributed by atoms with E-state index in [0.29, 0.717) is 11.7 Å². The minimum atomic E-state index is 0.102. The average Bonchev–Trinajstić information content (AvgIpc) is 1.82.